The number of carbonyl (C=O) groups excluding carboxylic acids is 2. The number of hydrogen-bond donors (Lipinski definition) is 1. The van der Waals surface area contributed by atoms with Crippen molar-refractivity contribution in [1.29, 1.82) is 0 Å². The largest absolute Gasteiger partial charge is 0.497 e. The van der Waals surface area contributed by atoms with E-state index in [4.69, 9.17) is 14.2 Å². The molecule has 0 atom stereocenters. The zero-order chi connectivity index (χ0) is 17.5. The fourth-order valence-corrected chi connectivity index (χ4v) is 2.09. The lowest BCUT2D eigenvalue weighted by Crippen LogP contribution is -2.13. The summed E-state index contributed by atoms with van der Waals surface area (Å²) in [5.74, 6) is 0.259. The first kappa shape index (κ1) is 17.3. The third-order valence-electron chi connectivity index (χ3n) is 3.31. The maximum atomic E-state index is 12.4. The number of ether oxygens (including phenoxy) is 3. The number of nitrogens with one attached hydrogen (secondary N) is 1. The molecule has 0 saturated heterocycles. The van der Waals surface area contributed by atoms with Gasteiger partial charge in [-0.25, -0.2) is 4.79 Å². The highest BCUT2D eigenvalue weighted by molar-refractivity contribution is 6.06. The van der Waals surface area contributed by atoms with Crippen LogP contribution in [0.15, 0.2) is 42.5 Å². The van der Waals surface area contributed by atoms with Gasteiger partial charge >= 0.3 is 5.97 Å². The highest BCUT2D eigenvalue weighted by Gasteiger charge is 2.14. The first-order valence-electron chi connectivity index (χ1n) is 7.39. The number of amides is 1. The van der Waals surface area contributed by atoms with E-state index in [1.165, 1.54) is 14.2 Å². The molecular weight excluding hydrogens is 310 g/mol. The van der Waals surface area contributed by atoms with Crippen LogP contribution in [0.5, 0.6) is 11.5 Å². The van der Waals surface area contributed by atoms with Crippen LogP contribution in [0.1, 0.15) is 27.6 Å². The Labute approximate surface area is 140 Å². The van der Waals surface area contributed by atoms with Gasteiger partial charge in [-0.2, -0.15) is 0 Å². The summed E-state index contributed by atoms with van der Waals surface area (Å²) in [6.45, 7) is 2.06. The quantitative estimate of drug-likeness (QED) is 0.824. The molecule has 1 N–H and O–H groups in total. The van der Waals surface area contributed by atoms with Gasteiger partial charge < -0.3 is 19.5 Å². The summed E-state index contributed by atoms with van der Waals surface area (Å²) in [5.41, 5.74) is 1.33. The molecule has 0 heterocycles. The lowest BCUT2D eigenvalue weighted by molar-refractivity contribution is 0.0526. The van der Waals surface area contributed by atoms with Crippen LogP contribution < -0.4 is 14.8 Å². The standard InChI is InChI=1S/C18H19NO5/c1-4-24-18(21)12-5-7-13(8-6-12)19-17(20)15-11-14(22-2)9-10-16(15)23-3/h5-11H,4H2,1-3H3,(H,19,20). The summed E-state index contributed by atoms with van der Waals surface area (Å²) in [6.07, 6.45) is 0. The fraction of sp³-hybridized carbons (Fsp3) is 0.222. The van der Waals surface area contributed by atoms with E-state index in [0.717, 1.165) is 0 Å². The van der Waals surface area contributed by atoms with E-state index < -0.39 is 5.97 Å². The minimum absolute atomic E-state index is 0.312. The van der Waals surface area contributed by atoms with E-state index in [1.807, 2.05) is 0 Å². The molecule has 0 aliphatic heterocycles. The van der Waals surface area contributed by atoms with Crippen molar-refractivity contribution in [2.24, 2.45) is 0 Å². The molecule has 0 aliphatic rings. The monoisotopic (exact) mass is 329 g/mol. The van der Waals surface area contributed by atoms with E-state index in [2.05, 4.69) is 5.32 Å². The van der Waals surface area contributed by atoms with Crippen molar-refractivity contribution in [1.82, 2.24) is 0 Å². The summed E-state index contributed by atoms with van der Waals surface area (Å²) in [5, 5.41) is 2.76. The summed E-state index contributed by atoms with van der Waals surface area (Å²) < 4.78 is 15.3. The predicted molar refractivity (Wildman–Crippen MR) is 89.9 cm³/mol. The molecule has 0 radical (unpaired) electrons. The van der Waals surface area contributed by atoms with Gasteiger partial charge in [0.05, 0.1) is 32.0 Å². The Balaban J connectivity index is 2.16. The van der Waals surface area contributed by atoms with Gasteiger partial charge in [-0.05, 0) is 49.4 Å². The third kappa shape index (κ3) is 4.04. The van der Waals surface area contributed by atoms with E-state index in [1.54, 1.807) is 49.4 Å². The molecule has 0 spiro atoms. The van der Waals surface area contributed by atoms with Gasteiger partial charge in [0.1, 0.15) is 11.5 Å². The van der Waals surface area contributed by atoms with Gasteiger partial charge in [-0.3, -0.25) is 4.79 Å². The van der Waals surface area contributed by atoms with Gasteiger partial charge in [-0.1, -0.05) is 0 Å². The van der Waals surface area contributed by atoms with Crippen LogP contribution in [-0.4, -0.2) is 32.7 Å². The van der Waals surface area contributed by atoms with Crippen LogP contribution in [0.4, 0.5) is 5.69 Å². The molecule has 2 aromatic carbocycles. The summed E-state index contributed by atoms with van der Waals surface area (Å²) >= 11 is 0. The Morgan fingerprint density at radius 1 is 1.00 bits per heavy atom. The van der Waals surface area contributed by atoms with Crippen molar-refractivity contribution in [3.8, 4) is 11.5 Å². The van der Waals surface area contributed by atoms with Crippen molar-refractivity contribution in [3.05, 3.63) is 53.6 Å². The molecule has 126 valence electrons. The number of methoxy groups -OCH3 is 2. The van der Waals surface area contributed by atoms with Gasteiger partial charge in [0.25, 0.3) is 5.91 Å². The second-order valence-corrected chi connectivity index (χ2v) is 4.82. The van der Waals surface area contributed by atoms with Crippen molar-refractivity contribution < 1.29 is 23.8 Å². The van der Waals surface area contributed by atoms with E-state index in [0.29, 0.717) is 34.9 Å². The topological polar surface area (TPSA) is 73.9 Å². The Morgan fingerprint density at radius 2 is 1.71 bits per heavy atom. The Kier molecular flexibility index (Phi) is 5.78. The van der Waals surface area contributed by atoms with E-state index in [9.17, 15) is 9.59 Å². The molecular formula is C18H19NO5. The number of benzene rings is 2. The minimum Gasteiger partial charge on any atom is -0.497 e. The number of anilines is 1. The van der Waals surface area contributed by atoms with Crippen molar-refractivity contribution >= 4 is 17.6 Å². The lowest BCUT2D eigenvalue weighted by Gasteiger charge is -2.11. The van der Waals surface area contributed by atoms with Gasteiger partial charge in [0, 0.05) is 5.69 Å². The Morgan fingerprint density at radius 3 is 2.29 bits per heavy atom. The Hall–Kier alpha value is -3.02. The Bertz CT molecular complexity index is 725. The molecule has 1 amide bonds. The number of carbonyl (C=O) groups is 2. The minimum atomic E-state index is -0.398. The summed E-state index contributed by atoms with van der Waals surface area (Å²) in [7, 11) is 3.02. The third-order valence-corrected chi connectivity index (χ3v) is 3.31. The summed E-state index contributed by atoms with van der Waals surface area (Å²) in [6, 6.07) is 11.4. The van der Waals surface area contributed by atoms with Gasteiger partial charge in [-0.15, -0.1) is 0 Å². The zero-order valence-electron chi connectivity index (χ0n) is 13.8. The SMILES string of the molecule is CCOC(=O)c1ccc(NC(=O)c2cc(OC)ccc2OC)cc1. The smallest absolute Gasteiger partial charge is 0.338 e. The van der Waals surface area contributed by atoms with Crippen LogP contribution in [-0.2, 0) is 4.74 Å². The molecule has 6 heteroatoms. The second kappa shape index (κ2) is 8.01. The highest BCUT2D eigenvalue weighted by atomic mass is 16.5. The first-order valence-corrected chi connectivity index (χ1v) is 7.39. The predicted octanol–water partition coefficient (Wildman–Crippen LogP) is 3.13. The molecule has 2 rings (SSSR count). The zero-order valence-corrected chi connectivity index (χ0v) is 13.8. The van der Waals surface area contributed by atoms with E-state index >= 15 is 0 Å². The molecule has 0 fully saturated rings. The van der Waals surface area contributed by atoms with Crippen molar-refractivity contribution in [2.45, 2.75) is 6.92 Å². The number of hydrogen-bond acceptors (Lipinski definition) is 5. The van der Waals surface area contributed by atoms with Crippen LogP contribution in [0.25, 0.3) is 0 Å². The van der Waals surface area contributed by atoms with Crippen molar-refractivity contribution in [2.75, 3.05) is 26.1 Å². The summed E-state index contributed by atoms with van der Waals surface area (Å²) in [4.78, 5) is 24.1. The molecule has 24 heavy (non-hydrogen) atoms. The highest BCUT2D eigenvalue weighted by Crippen LogP contribution is 2.25. The average molecular weight is 329 g/mol. The number of rotatable bonds is 6. The van der Waals surface area contributed by atoms with Gasteiger partial charge in [0.2, 0.25) is 0 Å². The number of esters is 1. The van der Waals surface area contributed by atoms with Crippen LogP contribution in [0.3, 0.4) is 0 Å². The fourth-order valence-electron chi connectivity index (χ4n) is 2.09. The molecule has 0 unspecified atom stereocenters. The van der Waals surface area contributed by atoms with Crippen LogP contribution in [0.2, 0.25) is 0 Å². The molecule has 0 aromatic heterocycles. The normalized spacial score (nSPS) is 9.96. The van der Waals surface area contributed by atoms with Gasteiger partial charge in [0.15, 0.2) is 0 Å². The molecule has 0 saturated carbocycles. The first-order chi connectivity index (χ1) is 11.6. The molecule has 0 bridgehead atoms. The molecule has 2 aromatic rings. The van der Waals surface area contributed by atoms with E-state index in [-0.39, 0.29) is 5.91 Å². The second-order valence-electron chi connectivity index (χ2n) is 4.82. The van der Waals surface area contributed by atoms with Crippen LogP contribution >= 0.6 is 0 Å². The lowest BCUT2D eigenvalue weighted by atomic mass is 10.1. The average Bonchev–Trinajstić information content (AvgIpc) is 2.61. The van der Waals surface area contributed by atoms with Crippen LogP contribution in [0, 0.1) is 0 Å². The van der Waals surface area contributed by atoms with Crippen molar-refractivity contribution in [3.63, 3.8) is 0 Å². The molecule has 0 aliphatic carbocycles. The maximum Gasteiger partial charge on any atom is 0.338 e. The maximum absolute atomic E-state index is 12.4. The molecule has 6 nitrogen and oxygen atoms in total.